The third-order valence-corrected chi connectivity index (χ3v) is 7.11. The molecule has 4 atom stereocenters. The van der Waals surface area contributed by atoms with Gasteiger partial charge in [-0.2, -0.15) is 5.10 Å². The number of fused-ring (bicyclic) bond motifs is 3. The molecule has 25 heavy (non-hydrogen) atoms. The number of urea groups is 1. The molecule has 0 unspecified atom stereocenters. The van der Waals surface area contributed by atoms with Crippen LogP contribution < -0.4 is 5.32 Å². The van der Waals surface area contributed by atoms with Crippen molar-refractivity contribution in [3.63, 3.8) is 0 Å². The quantitative estimate of drug-likeness (QED) is 0.866. The second-order valence-electron chi connectivity index (χ2n) is 8.47. The molecule has 6 heteroatoms. The van der Waals surface area contributed by atoms with Crippen LogP contribution in [0.15, 0.2) is 6.20 Å². The van der Waals surface area contributed by atoms with Gasteiger partial charge in [0, 0.05) is 32.2 Å². The number of hydrogen-bond donors (Lipinski definition) is 2. The molecule has 3 fully saturated rings. The minimum atomic E-state index is 0.0973. The second-order valence-corrected chi connectivity index (χ2v) is 8.47. The fraction of sp³-hybridized carbons (Fsp3) is 0.789. The summed E-state index contributed by atoms with van der Waals surface area (Å²) in [7, 11) is 0. The summed E-state index contributed by atoms with van der Waals surface area (Å²) >= 11 is 0. The van der Waals surface area contributed by atoms with Crippen molar-refractivity contribution in [3.8, 4) is 0 Å². The van der Waals surface area contributed by atoms with Crippen molar-refractivity contribution in [1.29, 1.82) is 0 Å². The first-order chi connectivity index (χ1) is 12.3. The zero-order valence-electron chi connectivity index (χ0n) is 14.9. The van der Waals surface area contributed by atoms with Crippen molar-refractivity contribution in [2.24, 2.45) is 11.8 Å². The highest BCUT2D eigenvalue weighted by molar-refractivity contribution is 5.75. The number of nitrogens with zero attached hydrogens (tertiary/aromatic N) is 3. The molecule has 0 radical (unpaired) electrons. The summed E-state index contributed by atoms with van der Waals surface area (Å²) < 4.78 is 0. The number of hydrogen-bond acceptors (Lipinski definition) is 3. The van der Waals surface area contributed by atoms with Gasteiger partial charge in [-0.15, -0.1) is 0 Å². The van der Waals surface area contributed by atoms with Crippen molar-refractivity contribution in [2.75, 3.05) is 26.2 Å². The number of rotatable bonds is 2. The molecule has 1 aromatic heterocycles. The lowest BCUT2D eigenvalue weighted by molar-refractivity contribution is 0.0817. The molecule has 0 spiro atoms. The number of aromatic nitrogens is 2. The summed E-state index contributed by atoms with van der Waals surface area (Å²) in [5.41, 5.74) is 2.37. The van der Waals surface area contributed by atoms with E-state index in [9.17, 15) is 4.79 Å². The molecule has 136 valence electrons. The van der Waals surface area contributed by atoms with E-state index in [0.29, 0.717) is 0 Å². The van der Waals surface area contributed by atoms with Crippen LogP contribution in [-0.4, -0.2) is 58.2 Å². The Bertz CT molecular complexity index is 636. The third-order valence-electron chi connectivity index (χ3n) is 7.11. The van der Waals surface area contributed by atoms with Crippen molar-refractivity contribution in [1.82, 2.24) is 25.3 Å². The molecule has 0 aromatic carbocycles. The predicted octanol–water partition coefficient (Wildman–Crippen LogP) is 2.30. The van der Waals surface area contributed by atoms with E-state index in [4.69, 9.17) is 0 Å². The molecular formula is C19H29N5O. The summed E-state index contributed by atoms with van der Waals surface area (Å²) in [6.45, 7) is 3.81. The molecule has 4 aliphatic rings. The Morgan fingerprint density at radius 1 is 1.16 bits per heavy atom. The lowest BCUT2D eigenvalue weighted by atomic mass is 9.93. The molecule has 1 saturated heterocycles. The fourth-order valence-corrected chi connectivity index (χ4v) is 5.76. The van der Waals surface area contributed by atoms with E-state index in [1.165, 1.54) is 31.2 Å². The number of aryl methyl sites for hydroxylation is 1. The Balaban J connectivity index is 1.16. The van der Waals surface area contributed by atoms with Gasteiger partial charge in [0.15, 0.2) is 0 Å². The van der Waals surface area contributed by atoms with Gasteiger partial charge in [0.1, 0.15) is 0 Å². The topological polar surface area (TPSA) is 64.3 Å². The monoisotopic (exact) mass is 343 g/mol. The molecule has 3 aliphatic carbocycles. The minimum absolute atomic E-state index is 0.0973. The van der Waals surface area contributed by atoms with Crippen LogP contribution in [0.2, 0.25) is 0 Å². The van der Waals surface area contributed by atoms with Gasteiger partial charge < -0.3 is 10.2 Å². The van der Waals surface area contributed by atoms with Gasteiger partial charge in [-0.1, -0.05) is 6.42 Å². The first kappa shape index (κ1) is 15.7. The third kappa shape index (κ3) is 2.84. The largest absolute Gasteiger partial charge is 0.330 e. The highest BCUT2D eigenvalue weighted by atomic mass is 16.2. The van der Waals surface area contributed by atoms with Crippen molar-refractivity contribution in [3.05, 3.63) is 17.5 Å². The van der Waals surface area contributed by atoms with Gasteiger partial charge in [-0.3, -0.25) is 10.00 Å². The van der Waals surface area contributed by atoms with Crippen LogP contribution >= 0.6 is 0 Å². The number of H-pyrrole nitrogens is 1. The molecular weight excluding hydrogens is 314 g/mol. The summed E-state index contributed by atoms with van der Waals surface area (Å²) in [5.74, 6) is 1.93. The van der Waals surface area contributed by atoms with Crippen molar-refractivity contribution in [2.45, 2.75) is 57.0 Å². The van der Waals surface area contributed by atoms with Gasteiger partial charge in [-0.25, -0.2) is 4.79 Å². The van der Waals surface area contributed by atoms with Crippen LogP contribution in [0.5, 0.6) is 0 Å². The smallest absolute Gasteiger partial charge is 0.318 e. The van der Waals surface area contributed by atoms with E-state index in [2.05, 4.69) is 20.4 Å². The van der Waals surface area contributed by atoms with Gasteiger partial charge in [0.05, 0.1) is 17.9 Å². The summed E-state index contributed by atoms with van der Waals surface area (Å²) in [6.07, 6.45) is 10.9. The maximum absolute atomic E-state index is 12.7. The summed E-state index contributed by atoms with van der Waals surface area (Å²) in [6, 6.07) is 0.997. The van der Waals surface area contributed by atoms with Crippen LogP contribution in [0.25, 0.3) is 0 Å². The van der Waals surface area contributed by atoms with Crippen LogP contribution in [0, 0.1) is 11.8 Å². The maximum Gasteiger partial charge on any atom is 0.318 e. The lowest BCUT2D eigenvalue weighted by Crippen LogP contribution is -2.55. The number of aromatic amines is 1. The number of carbonyl (C=O) groups is 1. The first-order valence-corrected chi connectivity index (χ1v) is 10.1. The van der Waals surface area contributed by atoms with Gasteiger partial charge in [-0.05, 0) is 55.9 Å². The van der Waals surface area contributed by atoms with Crippen molar-refractivity contribution < 1.29 is 4.79 Å². The lowest BCUT2D eigenvalue weighted by Gasteiger charge is -2.41. The Kier molecular flexibility index (Phi) is 3.95. The normalized spacial score (nSPS) is 35.0. The second kappa shape index (κ2) is 6.31. The number of piperazine rings is 1. The molecule has 2 saturated carbocycles. The van der Waals surface area contributed by atoms with E-state index >= 15 is 0 Å². The molecule has 2 amide bonds. The molecule has 2 bridgehead atoms. The Morgan fingerprint density at radius 3 is 2.80 bits per heavy atom. The molecule has 1 aromatic rings. The predicted molar refractivity (Wildman–Crippen MR) is 95.2 cm³/mol. The Labute approximate surface area is 149 Å². The fourth-order valence-electron chi connectivity index (χ4n) is 5.76. The number of nitrogens with one attached hydrogen (secondary N) is 2. The summed E-state index contributed by atoms with van der Waals surface area (Å²) in [5, 5.41) is 10.5. The highest BCUT2D eigenvalue weighted by Crippen LogP contribution is 2.46. The Morgan fingerprint density at radius 2 is 2.04 bits per heavy atom. The van der Waals surface area contributed by atoms with E-state index in [0.717, 1.165) is 69.0 Å². The molecule has 6 nitrogen and oxygen atoms in total. The zero-order chi connectivity index (χ0) is 16.8. The molecule has 2 heterocycles. The van der Waals surface area contributed by atoms with Gasteiger partial charge >= 0.3 is 6.03 Å². The van der Waals surface area contributed by atoms with Crippen LogP contribution in [-0.2, 0) is 6.42 Å². The maximum atomic E-state index is 12.7. The van der Waals surface area contributed by atoms with E-state index in [1.807, 2.05) is 11.1 Å². The van der Waals surface area contributed by atoms with Crippen LogP contribution in [0.1, 0.15) is 55.8 Å². The number of carbonyl (C=O) groups excluding carboxylic acids is 1. The standard InChI is InChI=1S/C19H29N5O/c25-19(21-16-3-1-2-15-12-20-22-18(15)16)24-8-6-23(7-9-24)17-11-13-4-5-14(17)10-13/h12-14,16-17H,1-11H2,(H,20,22)(H,21,25)/t13-,14-,16+,17-/m0/s1. The summed E-state index contributed by atoms with van der Waals surface area (Å²) in [4.78, 5) is 17.4. The molecule has 2 N–H and O–H groups in total. The average molecular weight is 343 g/mol. The van der Waals surface area contributed by atoms with Crippen LogP contribution in [0.3, 0.4) is 0 Å². The first-order valence-electron chi connectivity index (χ1n) is 10.1. The highest BCUT2D eigenvalue weighted by Gasteiger charge is 2.43. The van der Waals surface area contributed by atoms with Gasteiger partial charge in [0.2, 0.25) is 0 Å². The number of amides is 2. The average Bonchev–Trinajstić information content (AvgIpc) is 3.38. The van der Waals surface area contributed by atoms with Crippen LogP contribution in [0.4, 0.5) is 4.79 Å². The zero-order valence-corrected chi connectivity index (χ0v) is 14.9. The van der Waals surface area contributed by atoms with E-state index in [-0.39, 0.29) is 12.1 Å². The Hall–Kier alpha value is -1.56. The van der Waals surface area contributed by atoms with E-state index < -0.39 is 0 Å². The van der Waals surface area contributed by atoms with Gasteiger partial charge in [0.25, 0.3) is 0 Å². The van der Waals surface area contributed by atoms with E-state index in [1.54, 1.807) is 0 Å². The SMILES string of the molecule is O=C(N[C@@H]1CCCc2cn[nH]c21)N1CCN([C@H]2C[C@H]3CC[C@H]2C3)CC1. The minimum Gasteiger partial charge on any atom is -0.330 e. The van der Waals surface area contributed by atoms with Crippen molar-refractivity contribution >= 4 is 6.03 Å². The molecule has 1 aliphatic heterocycles. The molecule has 5 rings (SSSR count).